The Labute approximate surface area is 64.9 Å². The molecule has 11 heavy (non-hydrogen) atoms. The molecule has 1 aliphatic heterocycles. The summed E-state index contributed by atoms with van der Waals surface area (Å²) in [5.74, 6) is -0.0212. The number of likely N-dealkylation sites (tertiary alicyclic amines) is 1. The lowest BCUT2D eigenvalue weighted by atomic mass is 10.2. The van der Waals surface area contributed by atoms with E-state index in [1.807, 2.05) is 0 Å². The maximum atomic E-state index is 11.2. The van der Waals surface area contributed by atoms with Gasteiger partial charge in [0.05, 0.1) is 5.29 Å². The summed E-state index contributed by atoms with van der Waals surface area (Å²) in [5, 5.41) is 3.86. The van der Waals surface area contributed by atoms with Gasteiger partial charge in [-0.1, -0.05) is 0 Å². The zero-order valence-electron chi connectivity index (χ0n) is 6.65. The third-order valence-electron chi connectivity index (χ3n) is 1.98. The van der Waals surface area contributed by atoms with Gasteiger partial charge in [0.2, 0.25) is 5.91 Å². The van der Waals surface area contributed by atoms with E-state index in [-0.39, 0.29) is 11.9 Å². The summed E-state index contributed by atoms with van der Waals surface area (Å²) in [5.41, 5.74) is 0. The van der Waals surface area contributed by atoms with E-state index >= 15 is 0 Å². The van der Waals surface area contributed by atoms with E-state index in [1.54, 1.807) is 11.9 Å². The fraction of sp³-hybridized carbons (Fsp3) is 0.833. The first-order chi connectivity index (χ1) is 5.16. The lowest BCUT2D eigenvalue weighted by Crippen LogP contribution is -2.35. The van der Waals surface area contributed by atoms with Gasteiger partial charge in [-0.05, 0) is 6.42 Å². The Balaban J connectivity index is 2.61. The van der Waals surface area contributed by atoms with Crippen LogP contribution in [0.1, 0.15) is 6.42 Å². The number of nitroso groups, excluding NO2 is 1. The number of hydrogen-bond donors (Lipinski definition) is 0. The second-order valence-corrected chi connectivity index (χ2v) is 2.72. The molecule has 1 unspecified atom stereocenters. The van der Waals surface area contributed by atoms with Crippen LogP contribution in [0.2, 0.25) is 0 Å². The molecule has 1 saturated heterocycles. The van der Waals surface area contributed by atoms with Crippen molar-refractivity contribution in [1.82, 2.24) is 9.91 Å². The summed E-state index contributed by atoms with van der Waals surface area (Å²) < 4.78 is 0. The van der Waals surface area contributed by atoms with Crippen LogP contribution in [-0.4, -0.2) is 42.5 Å². The van der Waals surface area contributed by atoms with Crippen LogP contribution in [0, 0.1) is 4.91 Å². The largest absolute Gasteiger partial charge is 0.344 e. The average Bonchev–Trinajstić information content (AvgIpc) is 2.32. The molecule has 0 bridgehead atoms. The predicted molar refractivity (Wildman–Crippen MR) is 39.6 cm³/mol. The predicted octanol–water partition coefficient (Wildman–Crippen LogP) is -0.170. The molecule has 0 aromatic heterocycles. The number of amides is 1. The molecule has 0 spiro atoms. The molecule has 1 atom stereocenters. The number of likely N-dealkylation sites (N-methyl/N-ethyl adjacent to an activating group) is 2. The van der Waals surface area contributed by atoms with Gasteiger partial charge >= 0.3 is 0 Å². The maximum Gasteiger partial charge on any atom is 0.246 e. The molecule has 0 N–H and O–H groups in total. The van der Waals surface area contributed by atoms with Crippen LogP contribution < -0.4 is 0 Å². The molecule has 0 aromatic rings. The summed E-state index contributed by atoms with van der Waals surface area (Å²) in [6.45, 7) is 0.712. The van der Waals surface area contributed by atoms with Crippen LogP contribution in [-0.2, 0) is 4.79 Å². The number of rotatable bonds is 2. The molecule has 1 fully saturated rings. The summed E-state index contributed by atoms with van der Waals surface area (Å²) in [6.07, 6.45) is 0.692. The molecule has 0 radical (unpaired) electrons. The van der Waals surface area contributed by atoms with Crippen molar-refractivity contribution in [2.24, 2.45) is 5.29 Å². The highest BCUT2D eigenvalue weighted by Crippen LogP contribution is 2.13. The second-order valence-electron chi connectivity index (χ2n) is 2.72. The van der Waals surface area contributed by atoms with Crippen LogP contribution in [0.3, 0.4) is 0 Å². The van der Waals surface area contributed by atoms with Crippen molar-refractivity contribution in [3.63, 3.8) is 0 Å². The minimum atomic E-state index is -0.336. The highest BCUT2D eigenvalue weighted by Gasteiger charge is 2.32. The topological polar surface area (TPSA) is 53.0 Å². The average molecular weight is 157 g/mol. The number of carbonyl (C=O) groups excluding carboxylic acids is 1. The van der Waals surface area contributed by atoms with Crippen molar-refractivity contribution in [1.29, 1.82) is 0 Å². The first-order valence-corrected chi connectivity index (χ1v) is 3.48. The first kappa shape index (κ1) is 7.97. The number of carbonyl (C=O) groups is 1. The third kappa shape index (κ3) is 1.31. The Morgan fingerprint density at radius 1 is 1.73 bits per heavy atom. The van der Waals surface area contributed by atoms with Gasteiger partial charge in [-0.15, -0.1) is 4.91 Å². The molecule has 0 aliphatic carbocycles. The third-order valence-corrected chi connectivity index (χ3v) is 1.98. The van der Waals surface area contributed by atoms with Crippen molar-refractivity contribution in [2.75, 3.05) is 20.6 Å². The minimum absolute atomic E-state index is 0.0212. The van der Waals surface area contributed by atoms with Crippen molar-refractivity contribution < 1.29 is 4.79 Å². The number of hydrogen-bond acceptors (Lipinski definition) is 3. The fourth-order valence-corrected chi connectivity index (χ4v) is 1.21. The van der Waals surface area contributed by atoms with E-state index in [1.165, 1.54) is 12.1 Å². The molecule has 1 rings (SSSR count). The molecule has 1 amide bonds. The van der Waals surface area contributed by atoms with Gasteiger partial charge in [-0.2, -0.15) is 0 Å². The van der Waals surface area contributed by atoms with E-state index in [4.69, 9.17) is 0 Å². The standard InChI is InChI=1S/C6H11N3O2/c1-8-4-3-5(6(8)10)9(2)7-11/h5H,3-4H2,1-2H3. The van der Waals surface area contributed by atoms with Gasteiger partial charge in [-0.25, -0.2) is 0 Å². The van der Waals surface area contributed by atoms with E-state index < -0.39 is 0 Å². The SMILES string of the molecule is CN1CCC(N(C)N=O)C1=O. The fourth-order valence-electron chi connectivity index (χ4n) is 1.21. The quantitative estimate of drug-likeness (QED) is 0.413. The summed E-state index contributed by atoms with van der Waals surface area (Å²) in [6, 6.07) is -0.336. The molecule has 5 nitrogen and oxygen atoms in total. The van der Waals surface area contributed by atoms with Gasteiger partial charge in [0.1, 0.15) is 6.04 Å². The highest BCUT2D eigenvalue weighted by molar-refractivity contribution is 5.83. The van der Waals surface area contributed by atoms with Gasteiger partial charge in [-0.3, -0.25) is 9.80 Å². The Bertz CT molecular complexity index is 183. The highest BCUT2D eigenvalue weighted by atomic mass is 16.3. The normalized spacial score (nSPS) is 24.0. The van der Waals surface area contributed by atoms with Gasteiger partial charge < -0.3 is 4.90 Å². The van der Waals surface area contributed by atoms with Crippen LogP contribution in [0.25, 0.3) is 0 Å². The molecule has 1 heterocycles. The molecule has 1 aliphatic rings. The Hall–Kier alpha value is -1.13. The van der Waals surface area contributed by atoms with Crippen LogP contribution in [0.15, 0.2) is 5.29 Å². The van der Waals surface area contributed by atoms with Gasteiger partial charge in [0, 0.05) is 20.6 Å². The minimum Gasteiger partial charge on any atom is -0.344 e. The zero-order valence-corrected chi connectivity index (χ0v) is 6.65. The molecule has 0 saturated carbocycles. The maximum absolute atomic E-state index is 11.2. The van der Waals surface area contributed by atoms with Crippen molar-refractivity contribution in [3.8, 4) is 0 Å². The Kier molecular flexibility index (Phi) is 2.07. The second kappa shape index (κ2) is 2.86. The number of nitrogens with zero attached hydrogens (tertiary/aromatic N) is 3. The zero-order chi connectivity index (χ0) is 8.43. The summed E-state index contributed by atoms with van der Waals surface area (Å²) in [4.78, 5) is 22.8. The van der Waals surface area contributed by atoms with E-state index in [2.05, 4.69) is 5.29 Å². The molecular weight excluding hydrogens is 146 g/mol. The molecule has 0 aromatic carbocycles. The Morgan fingerprint density at radius 3 is 2.73 bits per heavy atom. The lowest BCUT2D eigenvalue weighted by molar-refractivity contribution is -0.130. The van der Waals surface area contributed by atoms with E-state index in [0.29, 0.717) is 13.0 Å². The Morgan fingerprint density at radius 2 is 2.36 bits per heavy atom. The monoisotopic (exact) mass is 157 g/mol. The van der Waals surface area contributed by atoms with Crippen LogP contribution >= 0.6 is 0 Å². The smallest absolute Gasteiger partial charge is 0.246 e. The van der Waals surface area contributed by atoms with E-state index in [0.717, 1.165) is 0 Å². The van der Waals surface area contributed by atoms with Crippen molar-refractivity contribution >= 4 is 5.91 Å². The van der Waals surface area contributed by atoms with Crippen molar-refractivity contribution in [3.05, 3.63) is 4.91 Å². The first-order valence-electron chi connectivity index (χ1n) is 3.48. The van der Waals surface area contributed by atoms with Crippen LogP contribution in [0.5, 0.6) is 0 Å². The summed E-state index contributed by atoms with van der Waals surface area (Å²) >= 11 is 0. The molecular formula is C6H11N3O2. The van der Waals surface area contributed by atoms with Gasteiger partial charge in [0.25, 0.3) is 0 Å². The molecule has 62 valence electrons. The lowest BCUT2D eigenvalue weighted by Gasteiger charge is -2.15. The van der Waals surface area contributed by atoms with E-state index in [9.17, 15) is 9.70 Å². The molecule has 5 heteroatoms. The van der Waals surface area contributed by atoms with Crippen LogP contribution in [0.4, 0.5) is 0 Å². The summed E-state index contributed by atoms with van der Waals surface area (Å²) in [7, 11) is 3.25. The van der Waals surface area contributed by atoms with Gasteiger partial charge in [0.15, 0.2) is 0 Å². The van der Waals surface area contributed by atoms with Crippen molar-refractivity contribution in [2.45, 2.75) is 12.5 Å².